The van der Waals surface area contributed by atoms with Gasteiger partial charge in [0.25, 0.3) is 0 Å². The molecule has 1 rings (SSSR count). The predicted molar refractivity (Wildman–Crippen MR) is 89.3 cm³/mol. The Morgan fingerprint density at radius 1 is 1.10 bits per heavy atom. The molecule has 2 nitrogen and oxygen atoms in total. The van der Waals surface area contributed by atoms with Crippen molar-refractivity contribution in [3.8, 4) is 0 Å². The molecular formula is C18H32N2. The Labute approximate surface area is 125 Å². The molecule has 0 saturated heterocycles. The predicted octanol–water partition coefficient (Wildman–Crippen LogP) is 4.07. The van der Waals surface area contributed by atoms with Crippen LogP contribution >= 0.6 is 0 Å². The van der Waals surface area contributed by atoms with Gasteiger partial charge in [0, 0.05) is 12.1 Å². The van der Waals surface area contributed by atoms with Gasteiger partial charge in [-0.05, 0) is 59.3 Å². The van der Waals surface area contributed by atoms with Crippen molar-refractivity contribution in [3.05, 3.63) is 34.9 Å². The molecule has 0 spiro atoms. The Morgan fingerprint density at radius 3 is 2.20 bits per heavy atom. The van der Waals surface area contributed by atoms with Crippen LogP contribution in [0.3, 0.4) is 0 Å². The summed E-state index contributed by atoms with van der Waals surface area (Å²) < 4.78 is 0. The highest BCUT2D eigenvalue weighted by atomic mass is 15.1. The lowest BCUT2D eigenvalue weighted by Crippen LogP contribution is -2.32. The van der Waals surface area contributed by atoms with Crippen molar-refractivity contribution in [1.82, 2.24) is 10.2 Å². The van der Waals surface area contributed by atoms with Crippen molar-refractivity contribution in [2.24, 2.45) is 0 Å². The van der Waals surface area contributed by atoms with Gasteiger partial charge >= 0.3 is 0 Å². The molecule has 0 aromatic heterocycles. The van der Waals surface area contributed by atoms with Crippen LogP contribution in [-0.4, -0.2) is 31.1 Å². The third-order valence-electron chi connectivity index (χ3n) is 4.21. The number of benzene rings is 1. The van der Waals surface area contributed by atoms with Crippen molar-refractivity contribution in [1.29, 1.82) is 0 Å². The average Bonchev–Trinajstić information content (AvgIpc) is 2.40. The first-order valence-corrected chi connectivity index (χ1v) is 7.99. The minimum Gasteiger partial charge on any atom is -0.310 e. The fourth-order valence-electron chi connectivity index (χ4n) is 2.71. The van der Waals surface area contributed by atoms with E-state index in [1.54, 1.807) is 0 Å². The van der Waals surface area contributed by atoms with Crippen LogP contribution in [0.25, 0.3) is 0 Å². The third kappa shape index (κ3) is 5.26. The quantitative estimate of drug-likeness (QED) is 0.770. The summed E-state index contributed by atoms with van der Waals surface area (Å²) in [5.41, 5.74) is 4.15. The number of aryl methyl sites for hydroxylation is 2. The lowest BCUT2D eigenvalue weighted by molar-refractivity contribution is 0.238. The molecule has 0 aliphatic heterocycles. The summed E-state index contributed by atoms with van der Waals surface area (Å²) in [5, 5.41) is 3.64. The minimum atomic E-state index is 0.463. The molecule has 114 valence electrons. The van der Waals surface area contributed by atoms with Gasteiger partial charge in [-0.15, -0.1) is 0 Å². The van der Waals surface area contributed by atoms with Crippen LogP contribution < -0.4 is 5.32 Å². The van der Waals surface area contributed by atoms with E-state index in [0.717, 1.165) is 19.5 Å². The second-order valence-corrected chi connectivity index (χ2v) is 6.06. The molecule has 0 aliphatic carbocycles. The maximum absolute atomic E-state index is 3.64. The zero-order valence-electron chi connectivity index (χ0n) is 14.2. The van der Waals surface area contributed by atoms with Crippen molar-refractivity contribution >= 4 is 0 Å². The van der Waals surface area contributed by atoms with Gasteiger partial charge in [0.05, 0.1) is 0 Å². The van der Waals surface area contributed by atoms with Crippen LogP contribution in [0.2, 0.25) is 0 Å². The third-order valence-corrected chi connectivity index (χ3v) is 4.21. The van der Waals surface area contributed by atoms with Gasteiger partial charge < -0.3 is 10.2 Å². The van der Waals surface area contributed by atoms with Gasteiger partial charge in [-0.25, -0.2) is 0 Å². The molecule has 2 unspecified atom stereocenters. The maximum atomic E-state index is 3.64. The summed E-state index contributed by atoms with van der Waals surface area (Å²) in [6.45, 7) is 13.3. The van der Waals surface area contributed by atoms with Crippen molar-refractivity contribution in [2.75, 3.05) is 20.1 Å². The van der Waals surface area contributed by atoms with Crippen molar-refractivity contribution in [3.63, 3.8) is 0 Å². The summed E-state index contributed by atoms with van der Waals surface area (Å²) in [4.78, 5) is 2.47. The first kappa shape index (κ1) is 17.2. The molecule has 0 fully saturated rings. The number of nitrogens with zero attached hydrogens (tertiary/aromatic N) is 1. The van der Waals surface area contributed by atoms with E-state index in [1.807, 2.05) is 0 Å². The number of rotatable bonds is 8. The fraction of sp³-hybridized carbons (Fsp3) is 0.667. The lowest BCUT2D eigenvalue weighted by atomic mass is 9.98. The Hall–Kier alpha value is -0.860. The van der Waals surface area contributed by atoms with E-state index in [1.165, 1.54) is 23.1 Å². The second kappa shape index (κ2) is 8.43. The molecule has 0 aliphatic rings. The zero-order chi connectivity index (χ0) is 15.1. The molecule has 2 atom stereocenters. The molecule has 0 saturated carbocycles. The molecule has 0 amide bonds. The molecule has 1 aromatic rings. The van der Waals surface area contributed by atoms with Gasteiger partial charge in [-0.1, -0.05) is 43.2 Å². The monoisotopic (exact) mass is 276 g/mol. The van der Waals surface area contributed by atoms with Crippen LogP contribution in [0.15, 0.2) is 18.2 Å². The van der Waals surface area contributed by atoms with E-state index in [4.69, 9.17) is 0 Å². The van der Waals surface area contributed by atoms with Crippen LogP contribution in [0.4, 0.5) is 0 Å². The SMILES string of the molecule is CCNC(CCN(C)C(C)CC)c1cc(C)cc(C)c1. The van der Waals surface area contributed by atoms with Crippen LogP contribution in [0, 0.1) is 13.8 Å². The van der Waals surface area contributed by atoms with Gasteiger partial charge in [0.15, 0.2) is 0 Å². The molecule has 20 heavy (non-hydrogen) atoms. The molecule has 1 N–H and O–H groups in total. The summed E-state index contributed by atoms with van der Waals surface area (Å²) >= 11 is 0. The minimum absolute atomic E-state index is 0.463. The molecule has 1 aromatic carbocycles. The Kier molecular flexibility index (Phi) is 7.25. The van der Waals surface area contributed by atoms with E-state index in [0.29, 0.717) is 12.1 Å². The number of nitrogens with one attached hydrogen (secondary N) is 1. The van der Waals surface area contributed by atoms with Gasteiger partial charge in [-0.3, -0.25) is 0 Å². The molecule has 0 heterocycles. The van der Waals surface area contributed by atoms with E-state index in [2.05, 4.69) is 70.1 Å². The number of hydrogen-bond donors (Lipinski definition) is 1. The highest BCUT2D eigenvalue weighted by Crippen LogP contribution is 2.20. The topological polar surface area (TPSA) is 15.3 Å². The first-order chi connectivity index (χ1) is 9.47. The smallest absolute Gasteiger partial charge is 0.0332 e. The highest BCUT2D eigenvalue weighted by Gasteiger charge is 2.14. The van der Waals surface area contributed by atoms with E-state index in [-0.39, 0.29) is 0 Å². The zero-order valence-corrected chi connectivity index (χ0v) is 14.2. The Bertz CT molecular complexity index is 380. The summed E-state index contributed by atoms with van der Waals surface area (Å²) in [6, 6.07) is 8.02. The van der Waals surface area contributed by atoms with Gasteiger partial charge in [0.1, 0.15) is 0 Å². The van der Waals surface area contributed by atoms with Crippen LogP contribution in [0.1, 0.15) is 56.3 Å². The largest absolute Gasteiger partial charge is 0.310 e. The summed E-state index contributed by atoms with van der Waals surface area (Å²) in [6.07, 6.45) is 2.38. The van der Waals surface area contributed by atoms with Crippen LogP contribution in [0.5, 0.6) is 0 Å². The second-order valence-electron chi connectivity index (χ2n) is 6.06. The van der Waals surface area contributed by atoms with Crippen molar-refractivity contribution in [2.45, 2.75) is 59.5 Å². The van der Waals surface area contributed by atoms with Crippen LogP contribution in [-0.2, 0) is 0 Å². The van der Waals surface area contributed by atoms with Gasteiger partial charge in [0.2, 0.25) is 0 Å². The van der Waals surface area contributed by atoms with E-state index < -0.39 is 0 Å². The molecule has 0 radical (unpaired) electrons. The summed E-state index contributed by atoms with van der Waals surface area (Å²) in [5.74, 6) is 0. The maximum Gasteiger partial charge on any atom is 0.0332 e. The molecular weight excluding hydrogens is 244 g/mol. The Morgan fingerprint density at radius 2 is 1.70 bits per heavy atom. The average molecular weight is 276 g/mol. The standard InChI is InChI=1S/C18H32N2/c1-7-16(5)20(6)10-9-18(19-8-2)17-12-14(3)11-15(4)13-17/h11-13,16,18-19H,7-10H2,1-6H3. The molecule has 0 bridgehead atoms. The van der Waals surface area contributed by atoms with E-state index in [9.17, 15) is 0 Å². The fourth-order valence-corrected chi connectivity index (χ4v) is 2.71. The normalized spacial score (nSPS) is 14.6. The van der Waals surface area contributed by atoms with E-state index >= 15 is 0 Å². The molecule has 2 heteroatoms. The highest BCUT2D eigenvalue weighted by molar-refractivity contribution is 5.30. The summed E-state index contributed by atoms with van der Waals surface area (Å²) in [7, 11) is 2.23. The van der Waals surface area contributed by atoms with Crippen molar-refractivity contribution < 1.29 is 0 Å². The lowest BCUT2D eigenvalue weighted by Gasteiger charge is -2.27. The Balaban J connectivity index is 2.73. The van der Waals surface area contributed by atoms with Gasteiger partial charge in [-0.2, -0.15) is 0 Å². The number of hydrogen-bond acceptors (Lipinski definition) is 2. The first-order valence-electron chi connectivity index (χ1n) is 7.99.